The number of nitrogens with zero attached hydrogens (tertiary/aromatic N) is 2. The van der Waals surface area contributed by atoms with E-state index < -0.39 is 0 Å². The van der Waals surface area contributed by atoms with Gasteiger partial charge in [-0.2, -0.15) is 5.10 Å². The number of nitrogens with one attached hydrogen (secondary N) is 3. The predicted octanol–water partition coefficient (Wildman–Crippen LogP) is 3.51. The van der Waals surface area contributed by atoms with Gasteiger partial charge in [0.1, 0.15) is 4.83 Å². The van der Waals surface area contributed by atoms with Crippen LogP contribution in [0.4, 0.5) is 0 Å². The molecule has 1 amide bonds. The molecule has 0 saturated heterocycles. The maximum Gasteiger partial charge on any atom is 0.279 e. The van der Waals surface area contributed by atoms with Crippen molar-refractivity contribution in [1.82, 2.24) is 25.9 Å². The molecule has 2 heterocycles. The van der Waals surface area contributed by atoms with Gasteiger partial charge in [0.2, 0.25) is 0 Å². The molecule has 28 heavy (non-hydrogen) atoms. The maximum atomic E-state index is 12.6. The van der Waals surface area contributed by atoms with E-state index in [0.717, 1.165) is 28.8 Å². The number of amides is 1. The quantitative estimate of drug-likeness (QED) is 0.451. The molecule has 0 atom stereocenters. The molecule has 1 aromatic carbocycles. The van der Waals surface area contributed by atoms with Gasteiger partial charge in [-0.15, -0.1) is 11.3 Å². The third-order valence-electron chi connectivity index (χ3n) is 4.99. The highest BCUT2D eigenvalue weighted by Crippen LogP contribution is 2.28. The summed E-state index contributed by atoms with van der Waals surface area (Å²) in [6.07, 6.45) is 4.72. The molecule has 8 heteroatoms. The van der Waals surface area contributed by atoms with Gasteiger partial charge < -0.3 is 5.32 Å². The Morgan fingerprint density at radius 1 is 1.25 bits per heavy atom. The van der Waals surface area contributed by atoms with Crippen LogP contribution in [0.3, 0.4) is 0 Å². The molecule has 6 nitrogen and oxygen atoms in total. The number of hydrogen-bond acceptors (Lipinski definition) is 4. The van der Waals surface area contributed by atoms with Crippen LogP contribution in [0.2, 0.25) is 0 Å². The second-order valence-electron chi connectivity index (χ2n) is 7.09. The Morgan fingerprint density at radius 2 is 2.00 bits per heavy atom. The van der Waals surface area contributed by atoms with Crippen LogP contribution in [0.1, 0.15) is 46.6 Å². The largest absolute Gasteiger partial charge is 0.359 e. The van der Waals surface area contributed by atoms with Gasteiger partial charge >= 0.3 is 0 Å². The second-order valence-corrected chi connectivity index (χ2v) is 8.53. The first-order valence-corrected chi connectivity index (χ1v) is 10.7. The molecule has 0 radical (unpaired) electrons. The molecule has 0 spiro atoms. The number of carbonyl (C=O) groups excluding carboxylic acids is 1. The zero-order chi connectivity index (χ0) is 19.5. The van der Waals surface area contributed by atoms with Crippen molar-refractivity contribution in [2.24, 2.45) is 0 Å². The average Bonchev–Trinajstić information content (AvgIpc) is 3.41. The molecule has 0 aliphatic heterocycles. The van der Waals surface area contributed by atoms with E-state index in [0.29, 0.717) is 22.6 Å². The zero-order valence-corrected chi connectivity index (χ0v) is 17.3. The SMILES string of the molecule is Cc1nn(Cc2ccccc2)c2sc(C(=O)NNC(=S)NC3CCCC3)cc12. The summed E-state index contributed by atoms with van der Waals surface area (Å²) in [5.74, 6) is -0.192. The van der Waals surface area contributed by atoms with E-state index in [-0.39, 0.29) is 5.91 Å². The van der Waals surface area contributed by atoms with Crippen LogP contribution < -0.4 is 16.2 Å². The molecule has 4 rings (SSSR count). The summed E-state index contributed by atoms with van der Waals surface area (Å²) in [5, 5.41) is 9.35. The fourth-order valence-electron chi connectivity index (χ4n) is 3.55. The lowest BCUT2D eigenvalue weighted by molar-refractivity contribution is 0.0947. The maximum absolute atomic E-state index is 12.6. The van der Waals surface area contributed by atoms with Gasteiger partial charge in [-0.3, -0.25) is 20.3 Å². The van der Waals surface area contributed by atoms with Crippen LogP contribution in [0.15, 0.2) is 36.4 Å². The van der Waals surface area contributed by atoms with Crippen LogP contribution in [-0.4, -0.2) is 26.8 Å². The molecule has 0 unspecified atom stereocenters. The van der Waals surface area contributed by atoms with Crippen molar-refractivity contribution in [2.45, 2.75) is 45.2 Å². The smallest absolute Gasteiger partial charge is 0.279 e. The summed E-state index contributed by atoms with van der Waals surface area (Å²) in [4.78, 5) is 14.2. The van der Waals surface area contributed by atoms with Crippen LogP contribution in [0, 0.1) is 6.92 Å². The summed E-state index contributed by atoms with van der Waals surface area (Å²) >= 11 is 6.71. The Balaban J connectivity index is 1.43. The Morgan fingerprint density at radius 3 is 2.75 bits per heavy atom. The highest BCUT2D eigenvalue weighted by molar-refractivity contribution is 7.80. The van der Waals surface area contributed by atoms with Crippen LogP contribution >= 0.6 is 23.6 Å². The van der Waals surface area contributed by atoms with Crippen molar-refractivity contribution in [1.29, 1.82) is 0 Å². The van der Waals surface area contributed by atoms with Crippen molar-refractivity contribution in [3.05, 3.63) is 52.5 Å². The molecule has 1 fully saturated rings. The number of thiocarbonyl (C=S) groups is 1. The molecule has 1 aliphatic rings. The molecule has 1 saturated carbocycles. The molecular weight excluding hydrogens is 390 g/mol. The van der Waals surface area contributed by atoms with Crippen LogP contribution in [-0.2, 0) is 6.54 Å². The fraction of sp³-hybridized carbons (Fsp3) is 0.350. The Labute approximate surface area is 173 Å². The number of aryl methyl sites for hydroxylation is 1. The van der Waals surface area contributed by atoms with Crippen molar-refractivity contribution in [3.63, 3.8) is 0 Å². The summed E-state index contributed by atoms with van der Waals surface area (Å²) < 4.78 is 1.96. The Hall–Kier alpha value is -2.45. The molecule has 146 valence electrons. The van der Waals surface area contributed by atoms with Crippen molar-refractivity contribution >= 4 is 44.8 Å². The second kappa shape index (κ2) is 8.28. The van der Waals surface area contributed by atoms with E-state index in [1.807, 2.05) is 35.9 Å². The average molecular weight is 414 g/mol. The topological polar surface area (TPSA) is 71.0 Å². The summed E-state index contributed by atoms with van der Waals surface area (Å²) in [6, 6.07) is 12.5. The first kappa shape index (κ1) is 18.9. The van der Waals surface area contributed by atoms with E-state index in [4.69, 9.17) is 12.2 Å². The number of thiophene rings is 1. The van der Waals surface area contributed by atoms with Gasteiger partial charge in [-0.25, -0.2) is 0 Å². The Bertz CT molecular complexity index is 989. The highest BCUT2D eigenvalue weighted by Gasteiger charge is 2.18. The van der Waals surface area contributed by atoms with Gasteiger partial charge in [0, 0.05) is 11.4 Å². The first-order chi connectivity index (χ1) is 13.6. The van der Waals surface area contributed by atoms with Gasteiger partial charge in [0.25, 0.3) is 5.91 Å². The van der Waals surface area contributed by atoms with Crippen molar-refractivity contribution < 1.29 is 4.79 Å². The molecule has 1 aliphatic carbocycles. The fourth-order valence-corrected chi connectivity index (χ4v) is 4.83. The number of hydrazine groups is 1. The lowest BCUT2D eigenvalue weighted by Gasteiger charge is -2.15. The number of rotatable bonds is 4. The Kier molecular flexibility index (Phi) is 5.59. The van der Waals surface area contributed by atoms with Gasteiger partial charge in [0.15, 0.2) is 5.11 Å². The minimum Gasteiger partial charge on any atom is -0.359 e. The number of fused-ring (bicyclic) bond motifs is 1. The summed E-state index contributed by atoms with van der Waals surface area (Å²) in [7, 11) is 0. The monoisotopic (exact) mass is 413 g/mol. The zero-order valence-electron chi connectivity index (χ0n) is 15.7. The summed E-state index contributed by atoms with van der Waals surface area (Å²) in [6.45, 7) is 2.65. The van der Waals surface area contributed by atoms with Crippen molar-refractivity contribution in [3.8, 4) is 0 Å². The molecule has 2 aromatic heterocycles. The molecule has 0 bridgehead atoms. The number of hydrogen-bond donors (Lipinski definition) is 3. The van der Waals surface area contributed by atoms with Gasteiger partial charge in [-0.05, 0) is 43.6 Å². The number of benzene rings is 1. The van der Waals surface area contributed by atoms with E-state index >= 15 is 0 Å². The predicted molar refractivity (Wildman–Crippen MR) is 116 cm³/mol. The molecular formula is C20H23N5OS2. The summed E-state index contributed by atoms with van der Waals surface area (Å²) in [5.41, 5.74) is 7.62. The third kappa shape index (κ3) is 4.18. The minimum absolute atomic E-state index is 0.192. The molecule has 3 N–H and O–H groups in total. The lowest BCUT2D eigenvalue weighted by atomic mass is 10.2. The van der Waals surface area contributed by atoms with Gasteiger partial charge in [0.05, 0.1) is 17.1 Å². The van der Waals surface area contributed by atoms with Gasteiger partial charge in [-0.1, -0.05) is 43.2 Å². The normalized spacial score (nSPS) is 14.3. The standard InChI is InChI=1S/C20H23N5OS2/c1-13-16-11-17(18(26)22-23-20(27)21-15-9-5-6-10-15)28-19(16)25(24-13)12-14-7-3-2-4-8-14/h2-4,7-8,11,15H,5-6,9-10,12H2,1H3,(H,22,26)(H2,21,23,27). The van der Waals surface area contributed by atoms with Crippen LogP contribution in [0.25, 0.3) is 10.2 Å². The minimum atomic E-state index is -0.192. The lowest BCUT2D eigenvalue weighted by Crippen LogP contribution is -2.49. The number of carbonyl (C=O) groups is 1. The number of aromatic nitrogens is 2. The van der Waals surface area contributed by atoms with E-state index in [9.17, 15) is 4.79 Å². The highest BCUT2D eigenvalue weighted by atomic mass is 32.1. The molecule has 3 aromatic rings. The van der Waals surface area contributed by atoms with E-state index in [1.54, 1.807) is 0 Å². The van der Waals surface area contributed by atoms with E-state index in [2.05, 4.69) is 33.4 Å². The van der Waals surface area contributed by atoms with E-state index in [1.165, 1.54) is 29.7 Å². The third-order valence-corrected chi connectivity index (χ3v) is 6.35. The van der Waals surface area contributed by atoms with Crippen LogP contribution in [0.5, 0.6) is 0 Å². The van der Waals surface area contributed by atoms with Crippen molar-refractivity contribution in [2.75, 3.05) is 0 Å². The first-order valence-electron chi connectivity index (χ1n) is 9.48.